The van der Waals surface area contributed by atoms with Gasteiger partial charge in [0.2, 0.25) is 0 Å². The van der Waals surface area contributed by atoms with Crippen molar-refractivity contribution in [2.45, 2.75) is 12.6 Å². The standard InChI is InChI=1S/C9H11BrFN/c10-8-3-1-2-7(4-8)5-9(11)6-12/h1-4,9H,5-6,12H2/t9-/m1/s1. The van der Waals surface area contributed by atoms with E-state index in [1.54, 1.807) is 0 Å². The summed E-state index contributed by atoms with van der Waals surface area (Å²) < 4.78 is 13.8. The summed E-state index contributed by atoms with van der Waals surface area (Å²) in [6.07, 6.45) is -0.532. The fraction of sp³-hybridized carbons (Fsp3) is 0.333. The summed E-state index contributed by atoms with van der Waals surface area (Å²) in [5.41, 5.74) is 6.15. The van der Waals surface area contributed by atoms with E-state index in [0.717, 1.165) is 10.0 Å². The average Bonchev–Trinajstić information content (AvgIpc) is 2.04. The van der Waals surface area contributed by atoms with Gasteiger partial charge < -0.3 is 5.73 Å². The van der Waals surface area contributed by atoms with Crippen molar-refractivity contribution < 1.29 is 4.39 Å². The van der Waals surface area contributed by atoms with E-state index in [2.05, 4.69) is 15.9 Å². The summed E-state index contributed by atoms with van der Waals surface area (Å²) in [6, 6.07) is 7.61. The van der Waals surface area contributed by atoms with Crippen LogP contribution in [0.2, 0.25) is 0 Å². The van der Waals surface area contributed by atoms with Crippen LogP contribution >= 0.6 is 15.9 Å². The Balaban J connectivity index is 2.63. The van der Waals surface area contributed by atoms with Crippen molar-refractivity contribution in [3.05, 3.63) is 34.3 Å². The number of nitrogens with two attached hydrogens (primary N) is 1. The quantitative estimate of drug-likeness (QED) is 0.850. The van der Waals surface area contributed by atoms with E-state index in [1.165, 1.54) is 0 Å². The Labute approximate surface area is 79.9 Å². The molecular formula is C9H11BrFN. The summed E-state index contributed by atoms with van der Waals surface area (Å²) in [5.74, 6) is 0. The summed E-state index contributed by atoms with van der Waals surface area (Å²) in [6.45, 7) is 0.0898. The first-order valence-corrected chi connectivity index (χ1v) is 4.60. The number of halogens is 2. The molecule has 0 aliphatic heterocycles. The van der Waals surface area contributed by atoms with E-state index in [9.17, 15) is 4.39 Å². The Morgan fingerprint density at radius 1 is 1.50 bits per heavy atom. The van der Waals surface area contributed by atoms with Crippen LogP contribution in [-0.4, -0.2) is 12.7 Å². The summed E-state index contributed by atoms with van der Waals surface area (Å²) in [7, 11) is 0. The molecule has 3 heteroatoms. The van der Waals surface area contributed by atoms with Gasteiger partial charge in [-0.15, -0.1) is 0 Å². The predicted molar refractivity (Wildman–Crippen MR) is 51.8 cm³/mol. The Bertz CT molecular complexity index is 252. The molecule has 12 heavy (non-hydrogen) atoms. The predicted octanol–water partition coefficient (Wildman–Crippen LogP) is 2.29. The molecule has 0 spiro atoms. The van der Waals surface area contributed by atoms with Gasteiger partial charge in [-0.25, -0.2) is 4.39 Å². The van der Waals surface area contributed by atoms with Crippen molar-refractivity contribution in [3.8, 4) is 0 Å². The van der Waals surface area contributed by atoms with Gasteiger partial charge in [-0.3, -0.25) is 0 Å². The van der Waals surface area contributed by atoms with E-state index in [-0.39, 0.29) is 6.54 Å². The van der Waals surface area contributed by atoms with Crippen molar-refractivity contribution in [2.24, 2.45) is 5.73 Å². The van der Waals surface area contributed by atoms with Gasteiger partial charge in [-0.1, -0.05) is 28.1 Å². The fourth-order valence-corrected chi connectivity index (χ4v) is 1.45. The Hall–Kier alpha value is -0.410. The molecule has 0 saturated heterocycles. The molecule has 0 saturated carbocycles. The number of rotatable bonds is 3. The van der Waals surface area contributed by atoms with Crippen molar-refractivity contribution in [1.29, 1.82) is 0 Å². The summed E-state index contributed by atoms with van der Waals surface area (Å²) in [4.78, 5) is 0. The third-order valence-electron chi connectivity index (χ3n) is 1.60. The number of alkyl halides is 1. The van der Waals surface area contributed by atoms with Gasteiger partial charge in [0.1, 0.15) is 6.17 Å². The highest BCUT2D eigenvalue weighted by Gasteiger charge is 2.04. The van der Waals surface area contributed by atoms with Crippen molar-refractivity contribution in [3.63, 3.8) is 0 Å². The molecule has 0 radical (unpaired) electrons. The Kier molecular flexibility index (Phi) is 3.69. The van der Waals surface area contributed by atoms with Crippen molar-refractivity contribution in [1.82, 2.24) is 0 Å². The monoisotopic (exact) mass is 231 g/mol. The van der Waals surface area contributed by atoms with Crippen LogP contribution in [0.15, 0.2) is 28.7 Å². The number of hydrogen-bond acceptors (Lipinski definition) is 1. The molecule has 0 fully saturated rings. The highest BCUT2D eigenvalue weighted by atomic mass is 79.9. The first-order chi connectivity index (χ1) is 5.72. The second kappa shape index (κ2) is 4.58. The Morgan fingerprint density at radius 3 is 2.83 bits per heavy atom. The van der Waals surface area contributed by atoms with Crippen LogP contribution in [0.4, 0.5) is 4.39 Å². The second-order valence-corrected chi connectivity index (χ2v) is 3.58. The molecule has 0 bridgehead atoms. The van der Waals surface area contributed by atoms with Crippen LogP contribution in [0.25, 0.3) is 0 Å². The van der Waals surface area contributed by atoms with Gasteiger partial charge in [0.05, 0.1) is 0 Å². The highest BCUT2D eigenvalue weighted by molar-refractivity contribution is 9.10. The lowest BCUT2D eigenvalue weighted by Gasteiger charge is -2.04. The Morgan fingerprint density at radius 2 is 2.25 bits per heavy atom. The molecule has 1 aromatic carbocycles. The lowest BCUT2D eigenvalue weighted by molar-refractivity contribution is 0.340. The molecule has 0 aliphatic rings. The molecule has 0 aliphatic carbocycles. The van der Waals surface area contributed by atoms with Crippen molar-refractivity contribution in [2.75, 3.05) is 6.54 Å². The van der Waals surface area contributed by atoms with E-state index in [1.807, 2.05) is 24.3 Å². The largest absolute Gasteiger partial charge is 0.328 e. The van der Waals surface area contributed by atoms with Gasteiger partial charge in [-0.05, 0) is 17.7 Å². The molecule has 1 rings (SSSR count). The SMILES string of the molecule is NC[C@H](F)Cc1cccc(Br)c1. The van der Waals surface area contributed by atoms with E-state index in [0.29, 0.717) is 6.42 Å². The van der Waals surface area contributed by atoms with Gasteiger partial charge in [0, 0.05) is 17.4 Å². The minimum atomic E-state index is -0.931. The molecule has 2 N–H and O–H groups in total. The molecular weight excluding hydrogens is 221 g/mol. The average molecular weight is 232 g/mol. The molecule has 1 nitrogen and oxygen atoms in total. The zero-order valence-electron chi connectivity index (χ0n) is 6.63. The fourth-order valence-electron chi connectivity index (χ4n) is 1.00. The van der Waals surface area contributed by atoms with Crippen LogP contribution in [0, 0.1) is 0 Å². The zero-order chi connectivity index (χ0) is 8.97. The normalized spacial score (nSPS) is 12.9. The lowest BCUT2D eigenvalue weighted by atomic mass is 10.1. The zero-order valence-corrected chi connectivity index (χ0v) is 8.22. The second-order valence-electron chi connectivity index (χ2n) is 2.67. The van der Waals surface area contributed by atoms with Crippen LogP contribution in [-0.2, 0) is 6.42 Å². The van der Waals surface area contributed by atoms with Crippen LogP contribution < -0.4 is 5.73 Å². The highest BCUT2D eigenvalue weighted by Crippen LogP contribution is 2.13. The minimum absolute atomic E-state index is 0.0898. The van der Waals surface area contributed by atoms with E-state index < -0.39 is 6.17 Å². The smallest absolute Gasteiger partial charge is 0.116 e. The molecule has 0 heterocycles. The number of hydrogen-bond donors (Lipinski definition) is 1. The lowest BCUT2D eigenvalue weighted by Crippen LogP contribution is -2.17. The molecule has 0 aromatic heterocycles. The van der Waals surface area contributed by atoms with Gasteiger partial charge in [-0.2, -0.15) is 0 Å². The molecule has 0 amide bonds. The maximum atomic E-state index is 12.8. The molecule has 0 unspecified atom stereocenters. The molecule has 1 atom stereocenters. The first-order valence-electron chi connectivity index (χ1n) is 3.81. The molecule has 1 aromatic rings. The third kappa shape index (κ3) is 2.91. The third-order valence-corrected chi connectivity index (χ3v) is 2.10. The maximum absolute atomic E-state index is 12.8. The summed E-state index contributed by atoms with van der Waals surface area (Å²) >= 11 is 3.32. The number of benzene rings is 1. The topological polar surface area (TPSA) is 26.0 Å². The van der Waals surface area contributed by atoms with Crippen LogP contribution in [0.1, 0.15) is 5.56 Å². The van der Waals surface area contributed by atoms with Crippen LogP contribution in [0.3, 0.4) is 0 Å². The van der Waals surface area contributed by atoms with Gasteiger partial charge in [0.25, 0.3) is 0 Å². The minimum Gasteiger partial charge on any atom is -0.328 e. The van der Waals surface area contributed by atoms with E-state index >= 15 is 0 Å². The first kappa shape index (κ1) is 9.68. The summed E-state index contributed by atoms with van der Waals surface area (Å²) in [5, 5.41) is 0. The van der Waals surface area contributed by atoms with Crippen molar-refractivity contribution >= 4 is 15.9 Å². The maximum Gasteiger partial charge on any atom is 0.116 e. The van der Waals surface area contributed by atoms with E-state index in [4.69, 9.17) is 5.73 Å². The molecule has 66 valence electrons. The van der Waals surface area contributed by atoms with Gasteiger partial charge in [0.15, 0.2) is 0 Å². The van der Waals surface area contributed by atoms with Crippen LogP contribution in [0.5, 0.6) is 0 Å². The van der Waals surface area contributed by atoms with Gasteiger partial charge >= 0.3 is 0 Å².